The summed E-state index contributed by atoms with van der Waals surface area (Å²) < 4.78 is 11.3. The molecule has 2 fully saturated rings. The highest BCUT2D eigenvalue weighted by Crippen LogP contribution is 2.30. The lowest BCUT2D eigenvalue weighted by atomic mass is 10.1. The highest BCUT2D eigenvalue weighted by molar-refractivity contribution is 8.01. The number of carbonyl (C=O) groups is 3. The van der Waals surface area contributed by atoms with Crippen LogP contribution in [0.25, 0.3) is 0 Å². The van der Waals surface area contributed by atoms with Crippen molar-refractivity contribution in [1.82, 2.24) is 15.5 Å². The fraction of sp³-hybridized carbons (Fsp3) is 0.476. The van der Waals surface area contributed by atoms with E-state index in [1.165, 1.54) is 23.1 Å². The smallest absolute Gasteiger partial charge is 0.231 e. The quantitative estimate of drug-likeness (QED) is 0.403. The van der Waals surface area contributed by atoms with Crippen LogP contribution in [0.5, 0.6) is 5.75 Å². The summed E-state index contributed by atoms with van der Waals surface area (Å²) in [5.74, 6) is -0.137. The van der Waals surface area contributed by atoms with Crippen LogP contribution >= 0.6 is 23.1 Å². The van der Waals surface area contributed by atoms with Crippen molar-refractivity contribution in [3.8, 4) is 5.75 Å². The van der Waals surface area contributed by atoms with Crippen molar-refractivity contribution < 1.29 is 23.9 Å². The normalized spacial score (nSPS) is 20.2. The maximum atomic E-state index is 12.7. The van der Waals surface area contributed by atoms with Crippen molar-refractivity contribution in [2.75, 3.05) is 42.8 Å². The first-order valence-electron chi connectivity index (χ1n) is 10.6. The summed E-state index contributed by atoms with van der Waals surface area (Å²) >= 11 is 2.46. The zero-order valence-corrected chi connectivity index (χ0v) is 19.7. The molecule has 10 nitrogen and oxygen atoms in total. The molecule has 2 N–H and O–H groups in total. The molecule has 0 aliphatic carbocycles. The Morgan fingerprint density at radius 2 is 2.24 bits per heavy atom. The molecule has 2 atom stereocenters. The summed E-state index contributed by atoms with van der Waals surface area (Å²) in [6, 6.07) is 7.18. The molecule has 2 aromatic rings. The molecule has 2 saturated heterocycles. The average molecular weight is 492 g/mol. The monoisotopic (exact) mass is 491 g/mol. The van der Waals surface area contributed by atoms with Crippen molar-refractivity contribution in [1.29, 1.82) is 0 Å². The summed E-state index contributed by atoms with van der Waals surface area (Å²) in [5, 5.41) is 13.9. The molecule has 3 heterocycles. The van der Waals surface area contributed by atoms with Gasteiger partial charge in [-0.1, -0.05) is 29.2 Å². The molecule has 0 bridgehead atoms. The van der Waals surface area contributed by atoms with Gasteiger partial charge in [-0.3, -0.25) is 14.4 Å². The highest BCUT2D eigenvalue weighted by Gasteiger charge is 2.35. The Morgan fingerprint density at radius 3 is 3.03 bits per heavy atom. The zero-order chi connectivity index (χ0) is 23.2. The number of rotatable bonds is 9. The molecule has 1 aromatic carbocycles. The van der Waals surface area contributed by atoms with Gasteiger partial charge in [-0.05, 0) is 25.0 Å². The highest BCUT2D eigenvalue weighted by atomic mass is 32.2. The van der Waals surface area contributed by atoms with E-state index in [-0.39, 0.29) is 42.5 Å². The van der Waals surface area contributed by atoms with Crippen LogP contribution in [0.15, 0.2) is 28.6 Å². The largest absolute Gasteiger partial charge is 0.497 e. The molecule has 1 aromatic heterocycles. The summed E-state index contributed by atoms with van der Waals surface area (Å²) in [5.41, 5.74) is 0.696. The van der Waals surface area contributed by atoms with Gasteiger partial charge >= 0.3 is 0 Å². The van der Waals surface area contributed by atoms with Crippen LogP contribution in [0, 0.1) is 5.92 Å². The summed E-state index contributed by atoms with van der Waals surface area (Å²) in [4.78, 5) is 38.7. The number of benzene rings is 1. The number of thioether (sulfide) groups is 1. The number of aromatic nitrogens is 2. The molecule has 4 rings (SSSR count). The van der Waals surface area contributed by atoms with Crippen molar-refractivity contribution in [2.45, 2.75) is 29.7 Å². The molecular weight excluding hydrogens is 466 g/mol. The van der Waals surface area contributed by atoms with E-state index in [0.29, 0.717) is 27.5 Å². The van der Waals surface area contributed by atoms with E-state index in [4.69, 9.17) is 9.47 Å². The van der Waals surface area contributed by atoms with E-state index in [1.807, 2.05) is 6.07 Å². The maximum absolute atomic E-state index is 12.7. The first-order chi connectivity index (χ1) is 16.0. The molecule has 0 radical (unpaired) electrons. The average Bonchev–Trinajstić information content (AvgIpc) is 3.58. The topological polar surface area (TPSA) is 123 Å². The second-order valence-electron chi connectivity index (χ2n) is 7.70. The van der Waals surface area contributed by atoms with E-state index in [1.54, 1.807) is 30.2 Å². The van der Waals surface area contributed by atoms with Crippen LogP contribution in [-0.2, 0) is 19.1 Å². The number of nitrogens with zero attached hydrogens (tertiary/aromatic N) is 3. The third-order valence-electron chi connectivity index (χ3n) is 5.38. The SMILES string of the molecule is COc1cccc(N2C[C@@H](C(=O)Nc3nnc(SCC(=O)NC[C@H]4CCCO4)s3)CC2=O)c1. The Labute approximate surface area is 199 Å². The van der Waals surface area contributed by atoms with Crippen molar-refractivity contribution in [2.24, 2.45) is 5.92 Å². The van der Waals surface area contributed by atoms with Crippen molar-refractivity contribution in [3.05, 3.63) is 24.3 Å². The Morgan fingerprint density at radius 1 is 1.36 bits per heavy atom. The Hall–Kier alpha value is -2.70. The van der Waals surface area contributed by atoms with Gasteiger partial charge in [0.25, 0.3) is 0 Å². The van der Waals surface area contributed by atoms with Gasteiger partial charge in [0, 0.05) is 37.9 Å². The third kappa shape index (κ3) is 6.21. The van der Waals surface area contributed by atoms with Gasteiger partial charge in [-0.25, -0.2) is 0 Å². The Kier molecular flexibility index (Phi) is 7.78. The second kappa shape index (κ2) is 10.9. The van der Waals surface area contributed by atoms with Crippen LogP contribution in [0.2, 0.25) is 0 Å². The summed E-state index contributed by atoms with van der Waals surface area (Å²) in [6.07, 6.45) is 2.22. The van der Waals surface area contributed by atoms with Gasteiger partial charge in [-0.15, -0.1) is 10.2 Å². The zero-order valence-electron chi connectivity index (χ0n) is 18.1. The fourth-order valence-corrected chi connectivity index (χ4v) is 5.23. The maximum Gasteiger partial charge on any atom is 0.231 e. The Bertz CT molecular complexity index is 1010. The predicted molar refractivity (Wildman–Crippen MR) is 125 cm³/mol. The van der Waals surface area contributed by atoms with Crippen molar-refractivity contribution in [3.63, 3.8) is 0 Å². The molecule has 2 aliphatic heterocycles. The first kappa shape index (κ1) is 23.5. The number of ether oxygens (including phenoxy) is 2. The molecule has 33 heavy (non-hydrogen) atoms. The van der Waals surface area contributed by atoms with Gasteiger partial charge in [0.1, 0.15) is 5.75 Å². The number of hydrogen-bond donors (Lipinski definition) is 2. The van der Waals surface area contributed by atoms with Crippen LogP contribution in [0.4, 0.5) is 10.8 Å². The fourth-order valence-electron chi connectivity index (χ4n) is 3.65. The lowest BCUT2D eigenvalue weighted by Crippen LogP contribution is -2.32. The number of hydrogen-bond acceptors (Lipinski definition) is 9. The van der Waals surface area contributed by atoms with Crippen LogP contribution < -0.4 is 20.3 Å². The number of nitrogens with one attached hydrogen (secondary N) is 2. The number of carbonyl (C=O) groups excluding carboxylic acids is 3. The molecule has 176 valence electrons. The van der Waals surface area contributed by atoms with E-state index in [9.17, 15) is 14.4 Å². The minimum atomic E-state index is -0.493. The van der Waals surface area contributed by atoms with Gasteiger partial charge in [-0.2, -0.15) is 0 Å². The molecular formula is C21H25N5O5S2. The lowest BCUT2D eigenvalue weighted by molar-refractivity contribution is -0.122. The third-order valence-corrected chi connectivity index (χ3v) is 7.35. The molecule has 0 unspecified atom stereocenters. The van der Waals surface area contributed by atoms with Crippen LogP contribution in [0.3, 0.4) is 0 Å². The first-order valence-corrected chi connectivity index (χ1v) is 12.4. The standard InChI is InChI=1S/C21H25N5O5S2/c1-30-15-5-2-4-14(9-15)26-11-13(8-18(26)28)19(29)23-20-24-25-21(33-20)32-12-17(27)22-10-16-6-3-7-31-16/h2,4-5,9,13,16H,3,6-8,10-12H2,1H3,(H,22,27)(H,23,24,29)/t13-,16+/m0/s1. The molecule has 0 saturated carbocycles. The lowest BCUT2D eigenvalue weighted by Gasteiger charge is -2.17. The van der Waals surface area contributed by atoms with E-state index in [0.717, 1.165) is 19.4 Å². The van der Waals surface area contributed by atoms with E-state index >= 15 is 0 Å². The minimum absolute atomic E-state index is 0.0987. The van der Waals surface area contributed by atoms with Crippen LogP contribution in [-0.4, -0.2) is 66.6 Å². The summed E-state index contributed by atoms with van der Waals surface area (Å²) in [7, 11) is 1.56. The second-order valence-corrected chi connectivity index (χ2v) is 9.90. The molecule has 12 heteroatoms. The number of amides is 3. The van der Waals surface area contributed by atoms with Gasteiger partial charge in [0.05, 0.1) is 24.9 Å². The van der Waals surface area contributed by atoms with Crippen molar-refractivity contribution >= 4 is 51.6 Å². The molecule has 0 spiro atoms. The molecule has 2 aliphatic rings. The van der Waals surface area contributed by atoms with Crippen LogP contribution in [0.1, 0.15) is 19.3 Å². The van der Waals surface area contributed by atoms with E-state index in [2.05, 4.69) is 20.8 Å². The van der Waals surface area contributed by atoms with Gasteiger partial charge < -0.3 is 25.0 Å². The number of methoxy groups -OCH3 is 1. The van der Waals surface area contributed by atoms with E-state index < -0.39 is 5.92 Å². The number of anilines is 2. The minimum Gasteiger partial charge on any atom is -0.497 e. The summed E-state index contributed by atoms with van der Waals surface area (Å²) in [6.45, 7) is 1.55. The Balaban J connectivity index is 1.24. The van der Waals surface area contributed by atoms with Gasteiger partial charge in [0.2, 0.25) is 22.9 Å². The van der Waals surface area contributed by atoms with Gasteiger partial charge in [0.15, 0.2) is 4.34 Å². The predicted octanol–water partition coefficient (Wildman–Crippen LogP) is 1.93. The molecule has 3 amide bonds.